The smallest absolute Gasteiger partial charge is 0.199 e. The van der Waals surface area contributed by atoms with Crippen LogP contribution in [-0.4, -0.2) is 20.9 Å². The van der Waals surface area contributed by atoms with Gasteiger partial charge in [-0.15, -0.1) is 0 Å². The van der Waals surface area contributed by atoms with E-state index in [1.807, 2.05) is 0 Å². The Hall–Kier alpha value is -1.92. The van der Waals surface area contributed by atoms with Gasteiger partial charge in [0.1, 0.15) is 9.73 Å². The molecule has 0 aliphatic heterocycles. The molecular weight excluding hydrogens is 410 g/mol. The molecule has 4 rings (SSSR count). The summed E-state index contributed by atoms with van der Waals surface area (Å²) in [5.41, 5.74) is 4.31. The van der Waals surface area contributed by atoms with Crippen LogP contribution in [0.25, 0.3) is 0 Å². The van der Waals surface area contributed by atoms with E-state index in [2.05, 4.69) is 19.1 Å². The number of ketones is 1. The Bertz CT molecular complexity index is 1090. The van der Waals surface area contributed by atoms with E-state index in [-0.39, 0.29) is 23.0 Å². The number of Topliss-reactive ketones (excluding diaryl/α,β-unsaturated/α-hetero) is 1. The summed E-state index contributed by atoms with van der Waals surface area (Å²) in [6.45, 7) is 5.46. The number of nitrogens with one attached hydrogen (secondary N) is 1. The van der Waals surface area contributed by atoms with Gasteiger partial charge < -0.3 is 9.52 Å². The molecule has 1 fully saturated rings. The van der Waals surface area contributed by atoms with Gasteiger partial charge in [-0.05, 0) is 80.0 Å². The number of rotatable bonds is 8. The molecule has 6 heteroatoms. The van der Waals surface area contributed by atoms with Gasteiger partial charge in [-0.1, -0.05) is 25.5 Å². The third-order valence-corrected chi connectivity index (χ3v) is 8.72. The maximum atomic E-state index is 13.0. The average Bonchev–Trinajstić information content (AvgIpc) is 3.29. The summed E-state index contributed by atoms with van der Waals surface area (Å²) in [6, 6.07) is 5.87. The van der Waals surface area contributed by atoms with Gasteiger partial charge in [0, 0.05) is 18.1 Å². The lowest BCUT2D eigenvalue weighted by atomic mass is 9.72. The molecule has 1 saturated carbocycles. The van der Waals surface area contributed by atoms with Crippen LogP contribution < -0.4 is 0 Å². The predicted octanol–water partition coefficient (Wildman–Crippen LogP) is 5.12. The first kappa shape index (κ1) is 22.3. The van der Waals surface area contributed by atoms with Crippen molar-refractivity contribution in [1.29, 1.82) is 4.78 Å². The van der Waals surface area contributed by atoms with Crippen molar-refractivity contribution >= 4 is 15.5 Å². The summed E-state index contributed by atoms with van der Waals surface area (Å²) in [7, 11) is -3.40. The Balaban J connectivity index is 1.57. The Morgan fingerprint density at radius 1 is 1.29 bits per heavy atom. The first-order valence-electron chi connectivity index (χ1n) is 11.3. The molecule has 2 aliphatic rings. The second kappa shape index (κ2) is 8.21. The molecule has 1 aromatic heterocycles. The van der Waals surface area contributed by atoms with Gasteiger partial charge in [0.05, 0.1) is 17.6 Å². The summed E-state index contributed by atoms with van der Waals surface area (Å²) in [5, 5.41) is 10.1. The molecule has 0 spiro atoms. The molecule has 0 radical (unpaired) electrons. The molecule has 5 nitrogen and oxygen atoms in total. The summed E-state index contributed by atoms with van der Waals surface area (Å²) in [6.07, 6.45) is 8.47. The van der Waals surface area contributed by atoms with Crippen molar-refractivity contribution in [2.45, 2.75) is 82.3 Å². The lowest BCUT2D eigenvalue weighted by molar-refractivity contribution is -0.116. The SMILES string of the molecule is C[C@H](c1ccc2c(c1CC(=O)C[S@@](=N)(=O)c1cc(C(C)(C)O)co1)CCC2)C1CCC1. The van der Waals surface area contributed by atoms with Crippen LogP contribution in [0, 0.1) is 10.7 Å². The van der Waals surface area contributed by atoms with Gasteiger partial charge in [-0.3, -0.25) is 4.79 Å². The van der Waals surface area contributed by atoms with Crippen LogP contribution in [0.5, 0.6) is 0 Å². The first-order chi connectivity index (χ1) is 14.6. The highest BCUT2D eigenvalue weighted by Crippen LogP contribution is 2.42. The molecule has 31 heavy (non-hydrogen) atoms. The fraction of sp³-hybridized carbons (Fsp3) is 0.560. The van der Waals surface area contributed by atoms with Gasteiger partial charge in [-0.25, -0.2) is 8.99 Å². The maximum absolute atomic E-state index is 13.0. The summed E-state index contributed by atoms with van der Waals surface area (Å²) >= 11 is 0. The van der Waals surface area contributed by atoms with Crippen molar-refractivity contribution in [2.75, 3.05) is 5.75 Å². The summed E-state index contributed by atoms with van der Waals surface area (Å²) < 4.78 is 26.6. The Kier molecular flexibility index (Phi) is 5.90. The lowest BCUT2D eigenvalue weighted by Gasteiger charge is -2.33. The minimum absolute atomic E-state index is 0.0423. The first-order valence-corrected chi connectivity index (χ1v) is 13.0. The van der Waals surface area contributed by atoms with E-state index in [0.29, 0.717) is 17.4 Å². The quantitative estimate of drug-likeness (QED) is 0.592. The minimum Gasteiger partial charge on any atom is -0.454 e. The van der Waals surface area contributed by atoms with E-state index in [4.69, 9.17) is 9.20 Å². The molecule has 168 valence electrons. The van der Waals surface area contributed by atoms with Crippen molar-refractivity contribution in [2.24, 2.45) is 5.92 Å². The zero-order valence-electron chi connectivity index (χ0n) is 18.7. The number of furan rings is 1. The Labute approximate surface area is 185 Å². The monoisotopic (exact) mass is 443 g/mol. The maximum Gasteiger partial charge on any atom is 0.199 e. The number of fused-ring (bicyclic) bond motifs is 1. The minimum atomic E-state index is -3.40. The van der Waals surface area contributed by atoms with Crippen LogP contribution in [0.3, 0.4) is 0 Å². The van der Waals surface area contributed by atoms with E-state index < -0.39 is 15.3 Å². The van der Waals surface area contributed by atoms with Crippen molar-refractivity contribution in [1.82, 2.24) is 0 Å². The van der Waals surface area contributed by atoms with E-state index in [1.165, 1.54) is 48.3 Å². The molecule has 0 amide bonds. The molecule has 0 unspecified atom stereocenters. The topological polar surface area (TPSA) is 91.4 Å². The largest absolute Gasteiger partial charge is 0.454 e. The zero-order chi connectivity index (χ0) is 22.4. The van der Waals surface area contributed by atoms with Crippen LogP contribution in [0.2, 0.25) is 0 Å². The second-order valence-electron chi connectivity index (χ2n) is 9.85. The number of hydrogen-bond donors (Lipinski definition) is 2. The Morgan fingerprint density at radius 2 is 2.03 bits per heavy atom. The molecule has 2 N–H and O–H groups in total. The summed E-state index contributed by atoms with van der Waals surface area (Å²) in [4.78, 5) is 13.0. The van der Waals surface area contributed by atoms with Gasteiger partial charge in [0.2, 0.25) is 0 Å². The lowest BCUT2D eigenvalue weighted by Crippen LogP contribution is -2.22. The Morgan fingerprint density at radius 3 is 2.65 bits per heavy atom. The molecule has 2 aliphatic carbocycles. The van der Waals surface area contributed by atoms with Crippen molar-refractivity contribution in [3.63, 3.8) is 0 Å². The number of carbonyl (C=O) groups is 1. The van der Waals surface area contributed by atoms with E-state index >= 15 is 0 Å². The van der Waals surface area contributed by atoms with Crippen LogP contribution in [0.1, 0.15) is 80.2 Å². The summed E-state index contributed by atoms with van der Waals surface area (Å²) in [5.74, 6) is 0.537. The highest BCUT2D eigenvalue weighted by atomic mass is 32.2. The third-order valence-electron chi connectivity index (χ3n) is 7.13. The molecular formula is C25H33NO4S. The molecule has 1 aromatic carbocycles. The number of hydrogen-bond acceptors (Lipinski definition) is 5. The molecule has 0 saturated heterocycles. The predicted molar refractivity (Wildman–Crippen MR) is 121 cm³/mol. The molecule has 1 heterocycles. The van der Waals surface area contributed by atoms with Crippen molar-refractivity contribution in [3.8, 4) is 0 Å². The highest BCUT2D eigenvalue weighted by molar-refractivity contribution is 7.93. The normalized spacial score (nSPS) is 19.5. The van der Waals surface area contributed by atoms with E-state index in [0.717, 1.165) is 24.8 Å². The third kappa shape index (κ3) is 4.51. The highest BCUT2D eigenvalue weighted by Gasteiger charge is 2.30. The molecule has 2 atom stereocenters. The zero-order valence-corrected chi connectivity index (χ0v) is 19.5. The van der Waals surface area contributed by atoms with Crippen molar-refractivity contribution < 1.29 is 18.5 Å². The average molecular weight is 444 g/mol. The van der Waals surface area contributed by atoms with Gasteiger partial charge >= 0.3 is 0 Å². The van der Waals surface area contributed by atoms with E-state index in [9.17, 15) is 14.1 Å². The van der Waals surface area contributed by atoms with Crippen LogP contribution in [0.15, 0.2) is 34.0 Å². The number of aryl methyl sites for hydroxylation is 1. The number of benzene rings is 1. The standard InChI is InChI=1S/C25H33NO4S/c1-16(17-6-4-7-17)21-11-10-18-8-5-9-22(18)23(21)13-20(27)15-31(26,29)24-12-19(14-30-24)25(2,3)28/h10-12,14,16-17,26,28H,4-9,13,15H2,1-3H3/t16-,31+/m0/s1. The fourth-order valence-corrected chi connectivity index (χ4v) is 6.16. The second-order valence-corrected chi connectivity index (χ2v) is 11.9. The van der Waals surface area contributed by atoms with Crippen LogP contribution >= 0.6 is 0 Å². The number of aliphatic hydroxyl groups is 1. The van der Waals surface area contributed by atoms with Gasteiger partial charge in [0.25, 0.3) is 0 Å². The number of carbonyl (C=O) groups excluding carboxylic acids is 1. The fourth-order valence-electron chi connectivity index (χ4n) is 4.95. The van der Waals surface area contributed by atoms with Crippen LogP contribution in [-0.2, 0) is 39.4 Å². The van der Waals surface area contributed by atoms with E-state index in [1.54, 1.807) is 13.8 Å². The van der Waals surface area contributed by atoms with Crippen molar-refractivity contribution in [3.05, 3.63) is 52.3 Å². The van der Waals surface area contributed by atoms with Crippen LogP contribution in [0.4, 0.5) is 0 Å². The molecule has 2 aromatic rings. The molecule has 0 bridgehead atoms. The van der Waals surface area contributed by atoms with Gasteiger partial charge in [0.15, 0.2) is 10.9 Å². The van der Waals surface area contributed by atoms with Gasteiger partial charge in [-0.2, -0.15) is 0 Å².